The number of nitrogens with one attached hydrogen (secondary N) is 1. The molecule has 0 atom stereocenters. The summed E-state index contributed by atoms with van der Waals surface area (Å²) in [6.07, 6.45) is 2.19. The Kier molecular flexibility index (Phi) is 7.41. The van der Waals surface area contributed by atoms with E-state index in [1.807, 2.05) is 6.07 Å². The van der Waals surface area contributed by atoms with Crippen molar-refractivity contribution >= 4 is 35.1 Å². The van der Waals surface area contributed by atoms with Gasteiger partial charge in [-0.15, -0.1) is 0 Å². The summed E-state index contributed by atoms with van der Waals surface area (Å²) in [5.41, 5.74) is 0.933. The average Bonchev–Trinajstić information content (AvgIpc) is 2.37. The molecule has 1 aromatic rings. The van der Waals surface area contributed by atoms with Crippen LogP contribution in [0.5, 0.6) is 0 Å². The van der Waals surface area contributed by atoms with E-state index in [1.165, 1.54) is 0 Å². The lowest BCUT2D eigenvalue weighted by atomic mass is 10.1. The first-order valence-electron chi connectivity index (χ1n) is 6.41. The van der Waals surface area contributed by atoms with Crippen LogP contribution in [0.1, 0.15) is 31.2 Å². The summed E-state index contributed by atoms with van der Waals surface area (Å²) >= 11 is 11.8. The third-order valence-corrected chi connectivity index (χ3v) is 3.36. The van der Waals surface area contributed by atoms with Gasteiger partial charge in [0.25, 0.3) is 0 Å². The van der Waals surface area contributed by atoms with Crippen LogP contribution in [0.25, 0.3) is 0 Å². The number of carbonyl (C=O) groups is 2. The molecule has 0 fully saturated rings. The Morgan fingerprint density at radius 1 is 1.15 bits per heavy atom. The number of aliphatic carboxylic acids is 1. The zero-order valence-corrected chi connectivity index (χ0v) is 12.5. The van der Waals surface area contributed by atoms with Crippen LogP contribution in [-0.2, 0) is 16.0 Å². The Morgan fingerprint density at radius 2 is 1.85 bits per heavy atom. The number of carboxylic acid groups (broad SMARTS) is 1. The van der Waals surface area contributed by atoms with Crippen molar-refractivity contribution < 1.29 is 14.7 Å². The van der Waals surface area contributed by atoms with E-state index in [4.69, 9.17) is 28.3 Å². The van der Waals surface area contributed by atoms with Gasteiger partial charge in [-0.25, -0.2) is 0 Å². The van der Waals surface area contributed by atoms with E-state index in [9.17, 15) is 9.59 Å². The molecule has 1 rings (SSSR count). The van der Waals surface area contributed by atoms with Crippen molar-refractivity contribution in [3.05, 3.63) is 33.8 Å². The topological polar surface area (TPSA) is 66.4 Å². The molecule has 2 N–H and O–H groups in total. The first kappa shape index (κ1) is 16.8. The summed E-state index contributed by atoms with van der Waals surface area (Å²) in [5, 5.41) is 12.4. The molecule has 0 radical (unpaired) electrons. The third-order valence-electron chi connectivity index (χ3n) is 2.78. The Balaban J connectivity index is 2.20. The quantitative estimate of drug-likeness (QED) is 0.723. The Morgan fingerprint density at radius 3 is 2.50 bits per heavy atom. The van der Waals surface area contributed by atoms with Gasteiger partial charge in [0.2, 0.25) is 5.91 Å². The lowest BCUT2D eigenvalue weighted by molar-refractivity contribution is -0.137. The summed E-state index contributed by atoms with van der Waals surface area (Å²) < 4.78 is 0. The van der Waals surface area contributed by atoms with E-state index in [0.717, 1.165) is 5.56 Å². The van der Waals surface area contributed by atoms with Crippen molar-refractivity contribution in [2.24, 2.45) is 0 Å². The molecule has 0 spiro atoms. The number of unbranched alkanes of at least 4 members (excludes halogenated alkanes) is 1. The maximum Gasteiger partial charge on any atom is 0.303 e. The van der Waals surface area contributed by atoms with Crippen LogP contribution in [0.2, 0.25) is 10.0 Å². The molecule has 20 heavy (non-hydrogen) atoms. The fourth-order valence-corrected chi connectivity index (χ4v) is 2.21. The van der Waals surface area contributed by atoms with Crippen LogP contribution >= 0.6 is 23.2 Å². The first-order valence-corrected chi connectivity index (χ1v) is 7.17. The highest BCUT2D eigenvalue weighted by atomic mass is 35.5. The molecule has 0 saturated carbocycles. The molecular weight excluding hydrogens is 301 g/mol. The zero-order valence-electron chi connectivity index (χ0n) is 11.0. The van der Waals surface area contributed by atoms with Gasteiger partial charge in [-0.2, -0.15) is 0 Å². The number of hydrogen-bond acceptors (Lipinski definition) is 2. The highest BCUT2D eigenvalue weighted by Crippen LogP contribution is 2.21. The number of rotatable bonds is 8. The van der Waals surface area contributed by atoms with Gasteiger partial charge in [0.15, 0.2) is 0 Å². The average molecular weight is 318 g/mol. The predicted octanol–water partition coefficient (Wildman–Crippen LogP) is 3.30. The summed E-state index contributed by atoms with van der Waals surface area (Å²) in [7, 11) is 0. The Bertz CT molecular complexity index is 477. The molecule has 6 heteroatoms. The molecule has 0 aliphatic carbocycles. The van der Waals surface area contributed by atoms with Crippen molar-refractivity contribution in [3.8, 4) is 0 Å². The van der Waals surface area contributed by atoms with Gasteiger partial charge < -0.3 is 10.4 Å². The second-order valence-electron chi connectivity index (χ2n) is 4.44. The van der Waals surface area contributed by atoms with Gasteiger partial charge in [-0.05, 0) is 37.0 Å². The molecule has 0 bridgehead atoms. The number of halogens is 2. The number of hydrogen-bond donors (Lipinski definition) is 2. The minimum Gasteiger partial charge on any atom is -0.481 e. The molecule has 0 unspecified atom stereocenters. The van der Waals surface area contributed by atoms with Crippen LogP contribution in [0, 0.1) is 0 Å². The standard InChI is InChI=1S/C14H17Cl2NO3/c15-11-6-5-10(12(16)9-11)7-8-17-13(18)3-1-2-4-14(19)20/h5-6,9H,1-4,7-8H2,(H,17,18)(H,19,20). The van der Waals surface area contributed by atoms with Gasteiger partial charge in [-0.1, -0.05) is 29.3 Å². The molecule has 0 aliphatic heterocycles. The van der Waals surface area contributed by atoms with E-state index in [0.29, 0.717) is 42.3 Å². The van der Waals surface area contributed by atoms with Gasteiger partial charge in [0.05, 0.1) is 0 Å². The molecule has 110 valence electrons. The maximum absolute atomic E-state index is 11.5. The van der Waals surface area contributed by atoms with Crippen LogP contribution in [0.3, 0.4) is 0 Å². The highest BCUT2D eigenvalue weighted by Gasteiger charge is 2.04. The third kappa shape index (κ3) is 6.78. The Labute approximate surface area is 128 Å². The van der Waals surface area contributed by atoms with Gasteiger partial charge in [0, 0.05) is 29.4 Å². The number of carboxylic acids is 1. The fraction of sp³-hybridized carbons (Fsp3) is 0.429. The second kappa shape index (κ2) is 8.82. The maximum atomic E-state index is 11.5. The smallest absolute Gasteiger partial charge is 0.303 e. The van der Waals surface area contributed by atoms with E-state index in [1.54, 1.807) is 12.1 Å². The van der Waals surface area contributed by atoms with Crippen LogP contribution < -0.4 is 5.32 Å². The van der Waals surface area contributed by atoms with Crippen LogP contribution in [0.4, 0.5) is 0 Å². The predicted molar refractivity (Wildman–Crippen MR) is 79.3 cm³/mol. The molecule has 0 aliphatic rings. The Hall–Kier alpha value is -1.26. The lowest BCUT2D eigenvalue weighted by Crippen LogP contribution is -2.25. The molecule has 0 heterocycles. The zero-order chi connectivity index (χ0) is 15.0. The number of benzene rings is 1. The second-order valence-corrected chi connectivity index (χ2v) is 5.28. The summed E-state index contributed by atoms with van der Waals surface area (Å²) in [5.74, 6) is -0.900. The summed E-state index contributed by atoms with van der Waals surface area (Å²) in [6.45, 7) is 0.499. The normalized spacial score (nSPS) is 10.3. The van der Waals surface area contributed by atoms with Crippen LogP contribution in [0.15, 0.2) is 18.2 Å². The molecule has 0 aromatic heterocycles. The van der Waals surface area contributed by atoms with Crippen molar-refractivity contribution in [1.82, 2.24) is 5.32 Å². The van der Waals surface area contributed by atoms with Gasteiger partial charge >= 0.3 is 5.97 Å². The molecule has 0 saturated heterocycles. The number of carbonyl (C=O) groups excluding carboxylic acids is 1. The van der Waals surface area contributed by atoms with E-state index in [-0.39, 0.29) is 12.3 Å². The van der Waals surface area contributed by atoms with Crippen molar-refractivity contribution in [2.45, 2.75) is 32.1 Å². The van der Waals surface area contributed by atoms with E-state index in [2.05, 4.69) is 5.32 Å². The SMILES string of the molecule is O=C(O)CCCCC(=O)NCCc1ccc(Cl)cc1Cl. The highest BCUT2D eigenvalue weighted by molar-refractivity contribution is 6.35. The van der Waals surface area contributed by atoms with E-state index < -0.39 is 5.97 Å². The van der Waals surface area contributed by atoms with Crippen molar-refractivity contribution in [2.75, 3.05) is 6.54 Å². The van der Waals surface area contributed by atoms with Crippen LogP contribution in [-0.4, -0.2) is 23.5 Å². The first-order chi connectivity index (χ1) is 9.49. The van der Waals surface area contributed by atoms with E-state index >= 15 is 0 Å². The minimum absolute atomic E-state index is 0.0690. The summed E-state index contributed by atoms with van der Waals surface area (Å²) in [4.78, 5) is 21.8. The molecule has 1 aromatic carbocycles. The number of amides is 1. The van der Waals surface area contributed by atoms with Gasteiger partial charge in [-0.3, -0.25) is 9.59 Å². The molecular formula is C14H17Cl2NO3. The largest absolute Gasteiger partial charge is 0.481 e. The van der Waals surface area contributed by atoms with Gasteiger partial charge in [0.1, 0.15) is 0 Å². The molecule has 4 nitrogen and oxygen atoms in total. The summed E-state index contributed by atoms with van der Waals surface area (Å²) in [6, 6.07) is 5.27. The fourth-order valence-electron chi connectivity index (χ4n) is 1.71. The van der Waals surface area contributed by atoms with Crippen molar-refractivity contribution in [3.63, 3.8) is 0 Å². The van der Waals surface area contributed by atoms with Crippen molar-refractivity contribution in [1.29, 1.82) is 0 Å². The monoisotopic (exact) mass is 317 g/mol. The minimum atomic E-state index is -0.831. The molecule has 1 amide bonds. The lowest BCUT2D eigenvalue weighted by Gasteiger charge is -2.07.